The first kappa shape index (κ1) is 12.8. The highest BCUT2D eigenvalue weighted by molar-refractivity contribution is 5.85. The summed E-state index contributed by atoms with van der Waals surface area (Å²) < 4.78 is 1.86. The van der Waals surface area contributed by atoms with Crippen LogP contribution < -0.4 is 0 Å². The first-order valence-corrected chi connectivity index (χ1v) is 6.62. The summed E-state index contributed by atoms with van der Waals surface area (Å²) >= 11 is 0. The van der Waals surface area contributed by atoms with Crippen molar-refractivity contribution in [3.8, 4) is 11.3 Å². The molecule has 4 nitrogen and oxygen atoms in total. The van der Waals surface area contributed by atoms with Gasteiger partial charge in [-0.1, -0.05) is 18.2 Å². The molecule has 102 valence electrons. The number of fused-ring (bicyclic) bond motifs is 1. The molecule has 0 atom stereocenters. The van der Waals surface area contributed by atoms with Crippen molar-refractivity contribution in [1.82, 2.24) is 14.8 Å². The molecule has 1 aromatic carbocycles. The summed E-state index contributed by atoms with van der Waals surface area (Å²) in [5, 5.41) is 15.0. The minimum atomic E-state index is 0.00832. The Morgan fingerprint density at radius 1 is 1.20 bits per heavy atom. The highest BCUT2D eigenvalue weighted by atomic mass is 16.3. The Kier molecular flexibility index (Phi) is 3.03. The van der Waals surface area contributed by atoms with Gasteiger partial charge in [-0.15, -0.1) is 0 Å². The molecular formula is C16H17N3O. The van der Waals surface area contributed by atoms with E-state index in [1.807, 2.05) is 55.9 Å². The number of hydrogen-bond donors (Lipinski definition) is 1. The topological polar surface area (TPSA) is 50.9 Å². The average molecular weight is 267 g/mol. The first-order valence-electron chi connectivity index (χ1n) is 6.62. The number of nitrogens with zero attached hydrogens (tertiary/aromatic N) is 3. The van der Waals surface area contributed by atoms with Gasteiger partial charge in [0.25, 0.3) is 0 Å². The number of hydrogen-bond acceptors (Lipinski definition) is 3. The van der Waals surface area contributed by atoms with Crippen molar-refractivity contribution in [2.45, 2.75) is 20.5 Å². The van der Waals surface area contributed by atoms with E-state index in [1.165, 1.54) is 0 Å². The maximum atomic E-state index is 9.60. The Hall–Kier alpha value is -2.20. The Bertz CT molecular complexity index is 790. The van der Waals surface area contributed by atoms with Crippen LogP contribution in [0.5, 0.6) is 0 Å². The molecule has 2 heterocycles. The number of benzene rings is 1. The van der Waals surface area contributed by atoms with Crippen LogP contribution >= 0.6 is 0 Å². The zero-order valence-corrected chi connectivity index (χ0v) is 11.9. The van der Waals surface area contributed by atoms with Crippen LogP contribution in [-0.4, -0.2) is 19.9 Å². The third-order valence-corrected chi connectivity index (χ3v) is 3.74. The van der Waals surface area contributed by atoms with Crippen LogP contribution in [0.15, 0.2) is 30.3 Å². The summed E-state index contributed by atoms with van der Waals surface area (Å²) in [5.41, 5.74) is 5.75. The van der Waals surface area contributed by atoms with Gasteiger partial charge >= 0.3 is 0 Å². The van der Waals surface area contributed by atoms with Crippen molar-refractivity contribution < 1.29 is 5.11 Å². The highest BCUT2D eigenvalue weighted by Crippen LogP contribution is 2.29. The molecular weight excluding hydrogens is 250 g/mol. The van der Waals surface area contributed by atoms with Gasteiger partial charge in [-0.2, -0.15) is 5.10 Å². The lowest BCUT2D eigenvalue weighted by molar-refractivity contribution is 0.283. The van der Waals surface area contributed by atoms with Gasteiger partial charge in [0.05, 0.1) is 23.5 Å². The lowest BCUT2D eigenvalue weighted by Crippen LogP contribution is -1.95. The molecule has 0 fully saturated rings. The second-order valence-corrected chi connectivity index (χ2v) is 5.01. The van der Waals surface area contributed by atoms with Gasteiger partial charge in [0.1, 0.15) is 0 Å². The van der Waals surface area contributed by atoms with E-state index in [0.717, 1.165) is 39.1 Å². The zero-order valence-electron chi connectivity index (χ0n) is 11.9. The van der Waals surface area contributed by atoms with Crippen LogP contribution in [0, 0.1) is 13.8 Å². The molecule has 3 rings (SSSR count). The summed E-state index contributed by atoms with van der Waals surface area (Å²) in [6, 6.07) is 9.84. The van der Waals surface area contributed by atoms with Gasteiger partial charge < -0.3 is 5.11 Å². The molecule has 0 aliphatic rings. The van der Waals surface area contributed by atoms with Crippen LogP contribution in [-0.2, 0) is 13.7 Å². The Balaban J connectivity index is 2.32. The fraction of sp³-hybridized carbons (Fsp3) is 0.250. The maximum Gasteiger partial charge on any atom is 0.0750 e. The molecule has 0 saturated carbocycles. The first-order chi connectivity index (χ1) is 9.61. The van der Waals surface area contributed by atoms with Crippen molar-refractivity contribution in [2.24, 2.45) is 7.05 Å². The fourth-order valence-electron chi connectivity index (χ4n) is 2.65. The highest BCUT2D eigenvalue weighted by Gasteiger charge is 2.15. The molecule has 0 saturated heterocycles. The summed E-state index contributed by atoms with van der Waals surface area (Å²) in [4.78, 5) is 4.72. The van der Waals surface area contributed by atoms with E-state index in [9.17, 15) is 5.11 Å². The molecule has 0 spiro atoms. The summed E-state index contributed by atoms with van der Waals surface area (Å²) in [6.45, 7) is 4.02. The molecule has 2 aromatic heterocycles. The molecule has 4 heteroatoms. The predicted octanol–water partition coefficient (Wildman–Crippen LogP) is 2.74. The van der Waals surface area contributed by atoms with Gasteiger partial charge in [0.2, 0.25) is 0 Å². The number of aliphatic hydroxyl groups excluding tert-OH is 1. The molecule has 1 N–H and O–H groups in total. The normalized spacial score (nSPS) is 11.2. The van der Waals surface area contributed by atoms with Crippen molar-refractivity contribution in [3.05, 3.63) is 47.3 Å². The molecule has 0 radical (unpaired) electrons. The van der Waals surface area contributed by atoms with E-state index < -0.39 is 0 Å². The van der Waals surface area contributed by atoms with Crippen molar-refractivity contribution >= 4 is 10.9 Å². The van der Waals surface area contributed by atoms with E-state index in [2.05, 4.69) is 5.10 Å². The van der Waals surface area contributed by atoms with E-state index in [1.54, 1.807) is 0 Å². The van der Waals surface area contributed by atoms with Gasteiger partial charge in [0.15, 0.2) is 0 Å². The third-order valence-electron chi connectivity index (χ3n) is 3.74. The minimum Gasteiger partial charge on any atom is -0.392 e. The van der Waals surface area contributed by atoms with Gasteiger partial charge in [0, 0.05) is 23.7 Å². The SMILES string of the molecule is Cc1nn(C)c(C)c1-c1cc(CO)c2ccccc2n1. The Morgan fingerprint density at radius 2 is 1.95 bits per heavy atom. The minimum absolute atomic E-state index is 0.00832. The number of aliphatic hydroxyl groups is 1. The summed E-state index contributed by atoms with van der Waals surface area (Å²) in [7, 11) is 1.93. The molecule has 0 aliphatic heterocycles. The van der Waals surface area contributed by atoms with Crippen molar-refractivity contribution in [1.29, 1.82) is 0 Å². The monoisotopic (exact) mass is 267 g/mol. The number of pyridine rings is 1. The van der Waals surface area contributed by atoms with Crippen molar-refractivity contribution in [3.63, 3.8) is 0 Å². The Labute approximate surface area is 117 Å². The van der Waals surface area contributed by atoms with Gasteiger partial charge in [-0.05, 0) is 31.5 Å². The molecule has 0 unspecified atom stereocenters. The number of aromatic nitrogens is 3. The Morgan fingerprint density at radius 3 is 2.60 bits per heavy atom. The zero-order chi connectivity index (χ0) is 14.3. The summed E-state index contributed by atoms with van der Waals surface area (Å²) in [6.07, 6.45) is 0. The largest absolute Gasteiger partial charge is 0.392 e. The molecule has 0 bridgehead atoms. The second kappa shape index (κ2) is 4.72. The lowest BCUT2D eigenvalue weighted by atomic mass is 10.0. The number of para-hydroxylation sites is 1. The standard InChI is InChI=1S/C16H17N3O/c1-10-16(11(2)19(3)18-10)15-8-12(9-20)13-6-4-5-7-14(13)17-15/h4-8,20H,9H2,1-3H3. The average Bonchev–Trinajstić information content (AvgIpc) is 2.71. The fourth-order valence-corrected chi connectivity index (χ4v) is 2.65. The van der Waals surface area contributed by atoms with E-state index in [-0.39, 0.29) is 6.61 Å². The molecule has 20 heavy (non-hydrogen) atoms. The molecule has 0 amide bonds. The van der Waals surface area contributed by atoms with Crippen molar-refractivity contribution in [2.75, 3.05) is 0 Å². The summed E-state index contributed by atoms with van der Waals surface area (Å²) in [5.74, 6) is 0. The van der Waals surface area contributed by atoms with Gasteiger partial charge in [-0.25, -0.2) is 4.98 Å². The number of rotatable bonds is 2. The quantitative estimate of drug-likeness (QED) is 0.776. The van der Waals surface area contributed by atoms with Crippen LogP contribution in [0.1, 0.15) is 17.0 Å². The van der Waals surface area contributed by atoms with Crippen LogP contribution in [0.3, 0.4) is 0 Å². The van der Waals surface area contributed by atoms with Crippen LogP contribution in [0.4, 0.5) is 0 Å². The van der Waals surface area contributed by atoms with E-state index in [4.69, 9.17) is 4.98 Å². The van der Waals surface area contributed by atoms with E-state index in [0.29, 0.717) is 0 Å². The molecule has 3 aromatic rings. The predicted molar refractivity (Wildman–Crippen MR) is 79.3 cm³/mol. The lowest BCUT2D eigenvalue weighted by Gasteiger charge is -2.08. The third kappa shape index (κ3) is 1.89. The van der Waals surface area contributed by atoms with Gasteiger partial charge in [-0.3, -0.25) is 4.68 Å². The number of aryl methyl sites for hydroxylation is 2. The smallest absolute Gasteiger partial charge is 0.0750 e. The van der Waals surface area contributed by atoms with E-state index >= 15 is 0 Å². The van der Waals surface area contributed by atoms with Crippen LogP contribution in [0.2, 0.25) is 0 Å². The molecule has 0 aliphatic carbocycles. The van der Waals surface area contributed by atoms with Crippen LogP contribution in [0.25, 0.3) is 22.2 Å². The maximum absolute atomic E-state index is 9.60. The second-order valence-electron chi connectivity index (χ2n) is 5.01.